The number of benzene rings is 2. The van der Waals surface area contributed by atoms with Gasteiger partial charge in [0.1, 0.15) is 0 Å². The smallest absolute Gasteiger partial charge is 0.269 e. The van der Waals surface area contributed by atoms with Crippen molar-refractivity contribution in [3.8, 4) is 5.75 Å². The van der Waals surface area contributed by atoms with Crippen LogP contribution in [-0.4, -0.2) is 59.7 Å². The Morgan fingerprint density at radius 1 is 1.06 bits per heavy atom. The molecule has 1 aliphatic heterocycles. The Hall–Kier alpha value is -3.33. The van der Waals surface area contributed by atoms with E-state index in [1.165, 1.54) is 37.4 Å². The zero-order valence-electron chi connectivity index (χ0n) is 18.0. The first-order valence-corrected chi connectivity index (χ1v) is 10.5. The van der Waals surface area contributed by atoms with Gasteiger partial charge < -0.3 is 9.64 Å². The zero-order valence-corrected chi connectivity index (χ0v) is 18.0. The summed E-state index contributed by atoms with van der Waals surface area (Å²) < 4.78 is 18.8. The Bertz CT molecular complexity index is 972. The summed E-state index contributed by atoms with van der Waals surface area (Å²) in [5.74, 6) is -0.292. The lowest BCUT2D eigenvalue weighted by Gasteiger charge is -2.34. The van der Waals surface area contributed by atoms with Crippen LogP contribution in [0.1, 0.15) is 35.2 Å². The SMILES string of the molecule is COc1ccc(CN2CCN(C(=O)CCCC(=O)c3ccc([N+](=O)[O-])cc3)CC2)cc1F. The minimum absolute atomic E-state index is 0.0108. The molecule has 2 aromatic carbocycles. The number of piperazine rings is 1. The molecule has 1 amide bonds. The van der Waals surface area contributed by atoms with E-state index in [2.05, 4.69) is 4.90 Å². The molecule has 3 rings (SSSR count). The highest BCUT2D eigenvalue weighted by Gasteiger charge is 2.21. The third-order valence-corrected chi connectivity index (χ3v) is 5.54. The van der Waals surface area contributed by atoms with Crippen molar-refractivity contribution in [1.29, 1.82) is 0 Å². The first kappa shape index (κ1) is 23.3. The minimum atomic E-state index is -0.512. The van der Waals surface area contributed by atoms with E-state index in [1.54, 1.807) is 11.0 Å². The molecule has 1 saturated heterocycles. The summed E-state index contributed by atoms with van der Waals surface area (Å²) >= 11 is 0. The van der Waals surface area contributed by atoms with Crippen molar-refractivity contribution < 1.29 is 23.6 Å². The monoisotopic (exact) mass is 443 g/mol. The van der Waals surface area contributed by atoms with Crippen LogP contribution in [0.15, 0.2) is 42.5 Å². The van der Waals surface area contributed by atoms with Crippen molar-refractivity contribution in [3.63, 3.8) is 0 Å². The van der Waals surface area contributed by atoms with Gasteiger partial charge >= 0.3 is 0 Å². The van der Waals surface area contributed by atoms with Crippen molar-refractivity contribution in [2.45, 2.75) is 25.8 Å². The van der Waals surface area contributed by atoms with E-state index >= 15 is 0 Å². The number of nitrogens with zero attached hydrogens (tertiary/aromatic N) is 3. The topological polar surface area (TPSA) is 93.0 Å². The number of hydrogen-bond donors (Lipinski definition) is 0. The molecule has 0 saturated carbocycles. The van der Waals surface area contributed by atoms with Crippen LogP contribution in [-0.2, 0) is 11.3 Å². The van der Waals surface area contributed by atoms with Crippen molar-refractivity contribution >= 4 is 17.4 Å². The first-order chi connectivity index (χ1) is 15.4. The van der Waals surface area contributed by atoms with Crippen LogP contribution < -0.4 is 4.74 Å². The van der Waals surface area contributed by atoms with Crippen LogP contribution in [0.25, 0.3) is 0 Å². The number of methoxy groups -OCH3 is 1. The molecule has 170 valence electrons. The van der Waals surface area contributed by atoms with E-state index in [-0.39, 0.29) is 41.8 Å². The van der Waals surface area contributed by atoms with Crippen LogP contribution in [0, 0.1) is 15.9 Å². The summed E-state index contributed by atoms with van der Waals surface area (Å²) in [4.78, 5) is 38.8. The van der Waals surface area contributed by atoms with Crippen LogP contribution in [0.3, 0.4) is 0 Å². The maximum Gasteiger partial charge on any atom is 0.269 e. The average molecular weight is 443 g/mol. The summed E-state index contributed by atoms with van der Waals surface area (Å²) in [5, 5.41) is 10.7. The van der Waals surface area contributed by atoms with E-state index in [1.807, 2.05) is 6.07 Å². The normalized spacial score (nSPS) is 14.2. The van der Waals surface area contributed by atoms with Gasteiger partial charge in [-0.2, -0.15) is 0 Å². The molecule has 0 aliphatic carbocycles. The number of carbonyl (C=O) groups is 2. The number of non-ortho nitro benzene ring substituents is 1. The number of nitro groups is 1. The maximum absolute atomic E-state index is 13.9. The number of halogens is 1. The molecule has 1 fully saturated rings. The Morgan fingerprint density at radius 3 is 2.34 bits per heavy atom. The molecule has 32 heavy (non-hydrogen) atoms. The Labute approximate surface area is 185 Å². The van der Waals surface area contributed by atoms with Crippen molar-refractivity contribution in [2.24, 2.45) is 0 Å². The van der Waals surface area contributed by atoms with Gasteiger partial charge in [-0.25, -0.2) is 4.39 Å². The van der Waals surface area contributed by atoms with Gasteiger partial charge in [0.25, 0.3) is 5.69 Å². The van der Waals surface area contributed by atoms with Gasteiger partial charge in [0.15, 0.2) is 17.3 Å². The molecule has 0 aromatic heterocycles. The number of carbonyl (C=O) groups excluding carboxylic acids is 2. The van der Waals surface area contributed by atoms with Gasteiger partial charge in [-0.1, -0.05) is 6.07 Å². The molecule has 0 atom stereocenters. The molecule has 1 aliphatic rings. The minimum Gasteiger partial charge on any atom is -0.494 e. The van der Waals surface area contributed by atoms with Crippen LogP contribution in [0.5, 0.6) is 5.75 Å². The number of amides is 1. The maximum atomic E-state index is 13.9. The second-order valence-electron chi connectivity index (χ2n) is 7.71. The molecule has 2 aromatic rings. The molecule has 9 heteroatoms. The summed E-state index contributed by atoms with van der Waals surface area (Å²) in [5.41, 5.74) is 1.20. The predicted molar refractivity (Wildman–Crippen MR) is 116 cm³/mol. The molecule has 0 bridgehead atoms. The van der Waals surface area contributed by atoms with Crippen molar-refractivity contribution in [3.05, 3.63) is 69.5 Å². The number of nitro benzene ring substituents is 1. The number of ketones is 1. The summed E-state index contributed by atoms with van der Waals surface area (Å²) in [6, 6.07) is 10.4. The van der Waals surface area contributed by atoms with Gasteiger partial charge in [-0.3, -0.25) is 24.6 Å². The fraction of sp³-hybridized carbons (Fsp3) is 0.391. The quantitative estimate of drug-likeness (QED) is 0.335. The number of ether oxygens (including phenoxy) is 1. The molecule has 8 nitrogen and oxygen atoms in total. The first-order valence-electron chi connectivity index (χ1n) is 10.5. The van der Waals surface area contributed by atoms with Gasteiger partial charge in [-0.15, -0.1) is 0 Å². The second-order valence-corrected chi connectivity index (χ2v) is 7.71. The van der Waals surface area contributed by atoms with E-state index in [0.717, 1.165) is 5.56 Å². The van der Waals surface area contributed by atoms with E-state index in [9.17, 15) is 24.1 Å². The summed E-state index contributed by atoms with van der Waals surface area (Å²) in [6.07, 6.45) is 0.926. The Morgan fingerprint density at radius 2 is 1.75 bits per heavy atom. The molecular weight excluding hydrogens is 417 g/mol. The van der Waals surface area contributed by atoms with Gasteiger partial charge in [-0.05, 0) is 36.2 Å². The Kier molecular flexibility index (Phi) is 7.88. The molecule has 0 spiro atoms. The lowest BCUT2D eigenvalue weighted by molar-refractivity contribution is -0.384. The third-order valence-electron chi connectivity index (χ3n) is 5.54. The molecule has 0 unspecified atom stereocenters. The third kappa shape index (κ3) is 6.10. The van der Waals surface area contributed by atoms with Crippen molar-refractivity contribution in [1.82, 2.24) is 9.80 Å². The highest BCUT2D eigenvalue weighted by Crippen LogP contribution is 2.19. The predicted octanol–water partition coefficient (Wildman–Crippen LogP) is 3.44. The second kappa shape index (κ2) is 10.8. The van der Waals surface area contributed by atoms with E-state index in [0.29, 0.717) is 44.7 Å². The highest BCUT2D eigenvalue weighted by molar-refractivity contribution is 5.96. The van der Waals surface area contributed by atoms with E-state index < -0.39 is 4.92 Å². The fourth-order valence-corrected chi connectivity index (χ4v) is 3.69. The fourth-order valence-electron chi connectivity index (χ4n) is 3.69. The summed E-state index contributed by atoms with van der Waals surface area (Å²) in [7, 11) is 1.43. The number of Topliss-reactive ketones (excluding diaryl/α,β-unsaturated/α-hetero) is 1. The largest absolute Gasteiger partial charge is 0.494 e. The van der Waals surface area contributed by atoms with E-state index in [4.69, 9.17) is 4.74 Å². The Balaban J connectivity index is 1.39. The number of hydrogen-bond acceptors (Lipinski definition) is 6. The molecule has 0 radical (unpaired) electrons. The summed E-state index contributed by atoms with van der Waals surface area (Å²) in [6.45, 7) is 3.18. The van der Waals surface area contributed by atoms with Crippen LogP contribution >= 0.6 is 0 Å². The highest BCUT2D eigenvalue weighted by atomic mass is 19.1. The molecule has 1 heterocycles. The average Bonchev–Trinajstić information content (AvgIpc) is 2.79. The van der Waals surface area contributed by atoms with Gasteiger partial charge in [0.2, 0.25) is 5.91 Å². The molecular formula is C23H26FN3O5. The standard InChI is InChI=1S/C23H26FN3O5/c1-32-22-10-5-17(15-20(22)24)16-25-11-13-26(14-12-25)23(29)4-2-3-21(28)18-6-8-19(9-7-18)27(30)31/h5-10,15H,2-4,11-14,16H2,1H3. The number of rotatable bonds is 9. The zero-order chi connectivity index (χ0) is 23.1. The lowest BCUT2D eigenvalue weighted by Crippen LogP contribution is -2.48. The van der Waals surface area contributed by atoms with Gasteiger partial charge in [0, 0.05) is 63.3 Å². The van der Waals surface area contributed by atoms with Gasteiger partial charge in [0.05, 0.1) is 12.0 Å². The lowest BCUT2D eigenvalue weighted by atomic mass is 10.0. The van der Waals surface area contributed by atoms with Crippen LogP contribution in [0.2, 0.25) is 0 Å². The molecule has 0 N–H and O–H groups in total. The van der Waals surface area contributed by atoms with Crippen LogP contribution in [0.4, 0.5) is 10.1 Å². The van der Waals surface area contributed by atoms with Crippen molar-refractivity contribution in [2.75, 3.05) is 33.3 Å².